The van der Waals surface area contributed by atoms with Crippen molar-refractivity contribution in [3.05, 3.63) is 102 Å². The van der Waals surface area contributed by atoms with E-state index in [0.717, 1.165) is 39.0 Å². The summed E-state index contributed by atoms with van der Waals surface area (Å²) in [6.45, 7) is 0. The monoisotopic (exact) mass is 424 g/mol. The SMILES string of the molecule is O=C(O)c1cccc(-c2cc3nc(-c4ccc(-c5ccccc5)cc4)c(Cl)cc3[nH]2)c1. The van der Waals surface area contributed by atoms with Gasteiger partial charge in [-0.05, 0) is 41.0 Å². The molecule has 5 aromatic rings. The van der Waals surface area contributed by atoms with Gasteiger partial charge in [0.25, 0.3) is 0 Å². The van der Waals surface area contributed by atoms with E-state index in [9.17, 15) is 9.90 Å². The maximum Gasteiger partial charge on any atom is 0.335 e. The molecule has 0 radical (unpaired) electrons. The normalized spacial score (nSPS) is 11.0. The Morgan fingerprint density at radius 3 is 2.19 bits per heavy atom. The van der Waals surface area contributed by atoms with Crippen molar-refractivity contribution in [2.45, 2.75) is 0 Å². The van der Waals surface area contributed by atoms with Crippen molar-refractivity contribution in [3.63, 3.8) is 0 Å². The number of fused-ring (bicyclic) bond motifs is 1. The van der Waals surface area contributed by atoms with E-state index >= 15 is 0 Å². The predicted octanol–water partition coefficient (Wildman–Crippen LogP) is 6.92. The first-order valence-electron chi connectivity index (χ1n) is 9.77. The number of benzene rings is 3. The predicted molar refractivity (Wildman–Crippen MR) is 124 cm³/mol. The zero-order valence-corrected chi connectivity index (χ0v) is 17.1. The number of aromatic nitrogens is 2. The molecular formula is C26H17ClN2O2. The minimum Gasteiger partial charge on any atom is -0.478 e. The first-order valence-corrected chi connectivity index (χ1v) is 10.2. The molecule has 5 rings (SSSR count). The van der Waals surface area contributed by atoms with E-state index in [1.165, 1.54) is 0 Å². The molecule has 3 aromatic carbocycles. The summed E-state index contributed by atoms with van der Waals surface area (Å²) in [4.78, 5) is 19.3. The van der Waals surface area contributed by atoms with Crippen LogP contribution < -0.4 is 0 Å². The molecule has 0 fully saturated rings. The summed E-state index contributed by atoms with van der Waals surface area (Å²) < 4.78 is 0. The van der Waals surface area contributed by atoms with Crippen LogP contribution in [0, 0.1) is 0 Å². The number of rotatable bonds is 4. The Morgan fingerprint density at radius 1 is 0.774 bits per heavy atom. The minimum atomic E-state index is -0.958. The average molecular weight is 425 g/mol. The Kier molecular flexibility index (Phi) is 4.77. The first kappa shape index (κ1) is 19.1. The summed E-state index contributed by atoms with van der Waals surface area (Å²) in [5.41, 5.74) is 7.29. The molecule has 0 saturated heterocycles. The molecule has 2 heterocycles. The van der Waals surface area contributed by atoms with E-state index in [0.29, 0.717) is 10.7 Å². The lowest BCUT2D eigenvalue weighted by Gasteiger charge is -2.06. The van der Waals surface area contributed by atoms with Crippen LogP contribution in [0.4, 0.5) is 0 Å². The van der Waals surface area contributed by atoms with Crippen LogP contribution in [0.25, 0.3) is 44.7 Å². The van der Waals surface area contributed by atoms with Gasteiger partial charge in [0.1, 0.15) is 0 Å². The fourth-order valence-corrected chi connectivity index (χ4v) is 3.92. The fraction of sp³-hybridized carbons (Fsp3) is 0. The van der Waals surface area contributed by atoms with Crippen LogP contribution in [-0.4, -0.2) is 21.0 Å². The lowest BCUT2D eigenvalue weighted by molar-refractivity contribution is 0.0697. The topological polar surface area (TPSA) is 66.0 Å². The molecule has 0 aliphatic heterocycles. The number of hydrogen-bond donors (Lipinski definition) is 2. The van der Waals surface area contributed by atoms with Crippen LogP contribution >= 0.6 is 11.6 Å². The molecule has 5 heteroatoms. The van der Waals surface area contributed by atoms with Crippen LogP contribution in [0.5, 0.6) is 0 Å². The van der Waals surface area contributed by atoms with E-state index in [-0.39, 0.29) is 5.56 Å². The summed E-state index contributed by atoms with van der Waals surface area (Å²) >= 11 is 6.56. The largest absolute Gasteiger partial charge is 0.478 e. The summed E-state index contributed by atoms with van der Waals surface area (Å²) in [6, 6.07) is 28.9. The number of halogens is 1. The van der Waals surface area contributed by atoms with E-state index in [4.69, 9.17) is 16.6 Å². The summed E-state index contributed by atoms with van der Waals surface area (Å²) in [6.07, 6.45) is 0. The maximum absolute atomic E-state index is 11.3. The number of H-pyrrole nitrogens is 1. The third-order valence-electron chi connectivity index (χ3n) is 5.24. The minimum absolute atomic E-state index is 0.237. The second-order valence-corrected chi connectivity index (χ2v) is 7.67. The van der Waals surface area contributed by atoms with Gasteiger partial charge in [0.2, 0.25) is 0 Å². The molecule has 2 N–H and O–H groups in total. The molecule has 31 heavy (non-hydrogen) atoms. The van der Waals surface area contributed by atoms with E-state index in [1.54, 1.807) is 18.2 Å². The second kappa shape index (κ2) is 7.74. The van der Waals surface area contributed by atoms with E-state index in [2.05, 4.69) is 29.2 Å². The highest BCUT2D eigenvalue weighted by Crippen LogP contribution is 2.32. The molecule has 0 spiro atoms. The second-order valence-electron chi connectivity index (χ2n) is 7.26. The number of hydrogen-bond acceptors (Lipinski definition) is 2. The van der Waals surface area contributed by atoms with Crippen LogP contribution in [0.1, 0.15) is 10.4 Å². The summed E-state index contributed by atoms with van der Waals surface area (Å²) in [5, 5.41) is 9.80. The highest BCUT2D eigenvalue weighted by atomic mass is 35.5. The zero-order chi connectivity index (χ0) is 21.4. The van der Waals surface area contributed by atoms with Gasteiger partial charge in [0, 0.05) is 11.3 Å². The van der Waals surface area contributed by atoms with Crippen LogP contribution in [0.2, 0.25) is 5.02 Å². The summed E-state index contributed by atoms with van der Waals surface area (Å²) in [5.74, 6) is -0.958. The van der Waals surface area contributed by atoms with Crippen LogP contribution in [0.3, 0.4) is 0 Å². The van der Waals surface area contributed by atoms with Gasteiger partial charge in [-0.1, -0.05) is 78.3 Å². The average Bonchev–Trinajstić information content (AvgIpc) is 3.22. The van der Waals surface area contributed by atoms with Gasteiger partial charge in [-0.15, -0.1) is 0 Å². The van der Waals surface area contributed by atoms with Crippen molar-refractivity contribution < 1.29 is 9.90 Å². The maximum atomic E-state index is 11.3. The highest BCUT2D eigenvalue weighted by Gasteiger charge is 2.12. The molecule has 0 saturated carbocycles. The third-order valence-corrected chi connectivity index (χ3v) is 5.53. The first-order chi connectivity index (χ1) is 15.1. The van der Waals surface area contributed by atoms with E-state index < -0.39 is 5.97 Å². The Hall–Kier alpha value is -3.89. The molecule has 0 aliphatic rings. The number of carboxylic acid groups (broad SMARTS) is 1. The standard InChI is InChI=1S/C26H17ClN2O2/c27-21-14-23-24(15-22(28-23)19-7-4-8-20(13-19)26(30)31)29-25(21)18-11-9-17(10-12-18)16-5-2-1-3-6-16/h1-15,28H,(H,30,31). The van der Waals surface area contributed by atoms with Crippen molar-refractivity contribution in [2.75, 3.05) is 0 Å². The van der Waals surface area contributed by atoms with Gasteiger partial charge in [0.15, 0.2) is 0 Å². The van der Waals surface area contributed by atoms with Crippen molar-refractivity contribution >= 4 is 28.6 Å². The molecule has 0 aliphatic carbocycles. The number of carboxylic acids is 1. The Labute approximate surface area is 183 Å². The molecule has 150 valence electrons. The fourth-order valence-electron chi connectivity index (χ4n) is 3.66. The lowest BCUT2D eigenvalue weighted by Crippen LogP contribution is -1.95. The molecule has 0 amide bonds. The number of aromatic carboxylic acids is 1. The number of nitrogens with zero attached hydrogens (tertiary/aromatic N) is 1. The Bertz CT molecular complexity index is 1410. The number of carbonyl (C=O) groups is 1. The highest BCUT2D eigenvalue weighted by molar-refractivity contribution is 6.33. The summed E-state index contributed by atoms with van der Waals surface area (Å²) in [7, 11) is 0. The van der Waals surface area contributed by atoms with Crippen molar-refractivity contribution in [1.82, 2.24) is 9.97 Å². The molecule has 2 aromatic heterocycles. The van der Waals surface area contributed by atoms with Crippen LogP contribution in [0.15, 0.2) is 91.0 Å². The molecule has 0 bridgehead atoms. The van der Waals surface area contributed by atoms with Gasteiger partial charge in [0.05, 0.1) is 27.3 Å². The van der Waals surface area contributed by atoms with Crippen molar-refractivity contribution in [1.29, 1.82) is 0 Å². The van der Waals surface area contributed by atoms with Gasteiger partial charge >= 0.3 is 5.97 Å². The van der Waals surface area contributed by atoms with Gasteiger partial charge < -0.3 is 10.1 Å². The number of aromatic amines is 1. The van der Waals surface area contributed by atoms with Crippen LogP contribution in [-0.2, 0) is 0 Å². The molecule has 4 nitrogen and oxygen atoms in total. The Morgan fingerprint density at radius 2 is 1.45 bits per heavy atom. The zero-order valence-electron chi connectivity index (χ0n) is 16.3. The van der Waals surface area contributed by atoms with Gasteiger partial charge in [-0.25, -0.2) is 9.78 Å². The van der Waals surface area contributed by atoms with Crippen molar-refractivity contribution in [2.24, 2.45) is 0 Å². The Balaban J connectivity index is 1.53. The van der Waals surface area contributed by atoms with Crippen molar-refractivity contribution in [3.8, 4) is 33.6 Å². The number of pyridine rings is 1. The molecule has 0 unspecified atom stereocenters. The number of nitrogens with one attached hydrogen (secondary N) is 1. The van der Waals surface area contributed by atoms with Gasteiger partial charge in [-0.2, -0.15) is 0 Å². The quantitative estimate of drug-likeness (QED) is 0.329. The molecule has 0 atom stereocenters. The smallest absolute Gasteiger partial charge is 0.335 e. The van der Waals surface area contributed by atoms with E-state index in [1.807, 2.05) is 48.5 Å². The van der Waals surface area contributed by atoms with Gasteiger partial charge in [-0.3, -0.25) is 0 Å². The molecular weight excluding hydrogens is 408 g/mol. The lowest BCUT2D eigenvalue weighted by atomic mass is 10.0. The third kappa shape index (κ3) is 3.69.